The maximum atomic E-state index is 12.8. The van der Waals surface area contributed by atoms with Crippen LogP contribution < -0.4 is 0 Å². The summed E-state index contributed by atoms with van der Waals surface area (Å²) in [5.74, 6) is 3.48. The Hall–Kier alpha value is -1.06. The van der Waals surface area contributed by atoms with Crippen molar-refractivity contribution in [1.82, 2.24) is 4.90 Å². The van der Waals surface area contributed by atoms with Crippen LogP contribution in [0.5, 0.6) is 0 Å². The lowest BCUT2D eigenvalue weighted by Crippen LogP contribution is -2.51. The lowest BCUT2D eigenvalue weighted by atomic mass is 9.51. The Balaban J connectivity index is 1.54. The van der Waals surface area contributed by atoms with Crippen molar-refractivity contribution in [2.75, 3.05) is 20.7 Å². The van der Waals surface area contributed by atoms with Crippen molar-refractivity contribution in [3.05, 3.63) is 0 Å². The van der Waals surface area contributed by atoms with Crippen LogP contribution in [-0.4, -0.2) is 37.5 Å². The van der Waals surface area contributed by atoms with Crippen LogP contribution in [0, 0.1) is 29.6 Å². The van der Waals surface area contributed by atoms with E-state index in [1.165, 1.54) is 39.2 Å². The van der Waals surface area contributed by atoms with Gasteiger partial charge in [0.1, 0.15) is 0 Å². The Morgan fingerprint density at radius 3 is 2.14 bits per heavy atom. The minimum atomic E-state index is -0.189. The molecule has 0 heterocycles. The Bertz CT molecular complexity index is 392. The molecule has 21 heavy (non-hydrogen) atoms. The van der Waals surface area contributed by atoms with Gasteiger partial charge in [-0.3, -0.25) is 9.59 Å². The average Bonchev–Trinajstić information content (AvgIpc) is 2.45. The molecule has 0 saturated heterocycles. The SMILES string of the molecule is COC(=O)CCCN(C)C(=O)C1C2CC3CC(C2)CC1C3. The lowest BCUT2D eigenvalue weighted by Gasteiger charge is -2.54. The van der Waals surface area contributed by atoms with Crippen molar-refractivity contribution in [3.8, 4) is 0 Å². The standard InChI is InChI=1S/C17H27NO3/c1-18(5-3-4-15(19)21-2)17(20)16-13-7-11-6-12(9-13)10-14(16)8-11/h11-14,16H,3-10H2,1-2H3. The van der Waals surface area contributed by atoms with Crippen LogP contribution in [0.1, 0.15) is 44.9 Å². The fourth-order valence-electron chi connectivity index (χ4n) is 5.26. The number of methoxy groups -OCH3 is 1. The summed E-state index contributed by atoms with van der Waals surface area (Å²) in [6.07, 6.45) is 7.62. The largest absolute Gasteiger partial charge is 0.469 e. The second kappa shape index (κ2) is 5.98. The zero-order valence-electron chi connectivity index (χ0n) is 13.2. The van der Waals surface area contributed by atoms with E-state index in [1.54, 1.807) is 0 Å². The van der Waals surface area contributed by atoms with Crippen LogP contribution in [0.2, 0.25) is 0 Å². The van der Waals surface area contributed by atoms with Crippen LogP contribution >= 0.6 is 0 Å². The van der Waals surface area contributed by atoms with Crippen molar-refractivity contribution in [2.45, 2.75) is 44.9 Å². The Morgan fingerprint density at radius 1 is 1.05 bits per heavy atom. The number of amides is 1. The molecule has 0 aromatic heterocycles. The van der Waals surface area contributed by atoms with Gasteiger partial charge >= 0.3 is 5.97 Å². The number of ether oxygens (including phenoxy) is 1. The highest BCUT2D eigenvalue weighted by Crippen LogP contribution is 2.56. The first-order valence-corrected chi connectivity index (χ1v) is 8.40. The molecule has 4 aliphatic rings. The highest BCUT2D eigenvalue weighted by atomic mass is 16.5. The second-order valence-corrected chi connectivity index (χ2v) is 7.40. The molecule has 0 radical (unpaired) electrons. The number of carbonyl (C=O) groups is 2. The number of rotatable bonds is 5. The number of hydrogen-bond acceptors (Lipinski definition) is 3. The molecule has 118 valence electrons. The van der Waals surface area contributed by atoms with Gasteiger partial charge in [-0.15, -0.1) is 0 Å². The van der Waals surface area contributed by atoms with Crippen molar-refractivity contribution in [1.29, 1.82) is 0 Å². The van der Waals surface area contributed by atoms with E-state index in [2.05, 4.69) is 4.74 Å². The van der Waals surface area contributed by atoms with Crippen LogP contribution in [0.15, 0.2) is 0 Å². The molecule has 4 saturated carbocycles. The topological polar surface area (TPSA) is 46.6 Å². The summed E-state index contributed by atoms with van der Waals surface area (Å²) in [4.78, 5) is 25.8. The Morgan fingerprint density at radius 2 is 1.62 bits per heavy atom. The molecule has 1 amide bonds. The fourth-order valence-corrected chi connectivity index (χ4v) is 5.26. The first-order valence-electron chi connectivity index (χ1n) is 8.40. The monoisotopic (exact) mass is 293 g/mol. The number of esters is 1. The third kappa shape index (κ3) is 2.95. The van der Waals surface area contributed by atoms with Crippen LogP contribution in [0.25, 0.3) is 0 Å². The van der Waals surface area contributed by atoms with E-state index in [9.17, 15) is 9.59 Å². The molecule has 0 N–H and O–H groups in total. The molecule has 4 fully saturated rings. The van der Waals surface area contributed by atoms with E-state index in [4.69, 9.17) is 0 Å². The lowest BCUT2D eigenvalue weighted by molar-refractivity contribution is -0.148. The van der Waals surface area contributed by atoms with Crippen molar-refractivity contribution < 1.29 is 14.3 Å². The molecule has 0 unspecified atom stereocenters. The van der Waals surface area contributed by atoms with E-state index in [0.29, 0.717) is 37.1 Å². The van der Waals surface area contributed by atoms with Crippen LogP contribution in [0.3, 0.4) is 0 Å². The molecule has 0 aliphatic heterocycles. The van der Waals surface area contributed by atoms with Gasteiger partial charge in [0, 0.05) is 25.9 Å². The van der Waals surface area contributed by atoms with Crippen LogP contribution in [0.4, 0.5) is 0 Å². The van der Waals surface area contributed by atoms with Gasteiger partial charge in [-0.2, -0.15) is 0 Å². The van der Waals surface area contributed by atoms with Gasteiger partial charge < -0.3 is 9.64 Å². The summed E-state index contributed by atoms with van der Waals surface area (Å²) in [5, 5.41) is 0. The first kappa shape index (κ1) is 14.9. The smallest absolute Gasteiger partial charge is 0.305 e. The molecule has 4 heteroatoms. The molecular formula is C17H27NO3. The molecule has 4 rings (SSSR count). The van der Waals surface area contributed by atoms with Gasteiger partial charge in [0.15, 0.2) is 0 Å². The predicted octanol–water partition coefficient (Wildman–Crippen LogP) is 2.47. The van der Waals surface area contributed by atoms with Gasteiger partial charge in [-0.25, -0.2) is 0 Å². The van der Waals surface area contributed by atoms with Crippen molar-refractivity contribution in [3.63, 3.8) is 0 Å². The summed E-state index contributed by atoms with van der Waals surface area (Å²) in [5.41, 5.74) is 0. The van der Waals surface area contributed by atoms with Gasteiger partial charge in [-0.05, 0) is 62.2 Å². The maximum Gasteiger partial charge on any atom is 0.305 e. The van der Waals surface area contributed by atoms with E-state index in [0.717, 1.165) is 11.8 Å². The molecule has 4 nitrogen and oxygen atoms in total. The molecule has 0 aromatic rings. The number of nitrogens with zero attached hydrogens (tertiary/aromatic N) is 1. The third-order valence-corrected chi connectivity index (χ3v) is 5.99. The molecule has 4 bridgehead atoms. The first-order chi connectivity index (χ1) is 10.1. The van der Waals surface area contributed by atoms with E-state index >= 15 is 0 Å². The summed E-state index contributed by atoms with van der Waals surface area (Å²) < 4.78 is 4.64. The summed E-state index contributed by atoms with van der Waals surface area (Å²) in [6, 6.07) is 0. The summed E-state index contributed by atoms with van der Waals surface area (Å²) >= 11 is 0. The molecular weight excluding hydrogens is 266 g/mol. The van der Waals surface area contributed by atoms with E-state index in [-0.39, 0.29) is 11.9 Å². The molecule has 0 atom stereocenters. The quantitative estimate of drug-likeness (QED) is 0.732. The summed E-state index contributed by atoms with van der Waals surface area (Å²) in [6.45, 7) is 0.663. The van der Waals surface area contributed by atoms with Crippen molar-refractivity contribution in [2.24, 2.45) is 29.6 Å². The summed E-state index contributed by atoms with van der Waals surface area (Å²) in [7, 11) is 3.30. The number of carbonyl (C=O) groups excluding carboxylic acids is 2. The molecule has 0 spiro atoms. The number of hydrogen-bond donors (Lipinski definition) is 0. The fraction of sp³-hybridized carbons (Fsp3) is 0.882. The second-order valence-electron chi connectivity index (χ2n) is 7.40. The minimum absolute atomic E-state index is 0.189. The Labute approximate surface area is 127 Å². The normalized spacial score (nSPS) is 36.6. The van der Waals surface area contributed by atoms with E-state index in [1.807, 2.05) is 11.9 Å². The molecule has 4 aliphatic carbocycles. The molecule has 0 aromatic carbocycles. The third-order valence-electron chi connectivity index (χ3n) is 5.99. The zero-order valence-corrected chi connectivity index (χ0v) is 13.2. The highest BCUT2D eigenvalue weighted by Gasteiger charge is 2.51. The predicted molar refractivity (Wildman–Crippen MR) is 79.4 cm³/mol. The van der Waals surface area contributed by atoms with Gasteiger partial charge in [0.05, 0.1) is 7.11 Å². The van der Waals surface area contributed by atoms with Crippen LogP contribution in [-0.2, 0) is 14.3 Å². The van der Waals surface area contributed by atoms with Gasteiger partial charge in [0.25, 0.3) is 0 Å². The van der Waals surface area contributed by atoms with Crippen molar-refractivity contribution >= 4 is 11.9 Å². The van der Waals surface area contributed by atoms with Gasteiger partial charge in [-0.1, -0.05) is 0 Å². The minimum Gasteiger partial charge on any atom is -0.469 e. The average molecular weight is 293 g/mol. The van der Waals surface area contributed by atoms with E-state index < -0.39 is 0 Å². The zero-order chi connectivity index (χ0) is 15.0. The highest BCUT2D eigenvalue weighted by molar-refractivity contribution is 5.79. The van der Waals surface area contributed by atoms with Gasteiger partial charge in [0.2, 0.25) is 5.91 Å². The Kier molecular flexibility index (Phi) is 4.23. The maximum absolute atomic E-state index is 12.8.